The maximum atomic E-state index is 12.6. The van der Waals surface area contributed by atoms with Crippen LogP contribution < -0.4 is 10.0 Å². The number of pyridine rings is 1. The molecule has 0 aliphatic rings. The first-order chi connectivity index (χ1) is 9.85. The SMILES string of the molecule is CNCc1c(C)oc(C)c1S(=O)(=O)Nc1cncc(C)c1. The Kier molecular flexibility index (Phi) is 4.34. The Hall–Kier alpha value is -1.86. The normalized spacial score (nSPS) is 11.6. The van der Waals surface area contributed by atoms with Gasteiger partial charge in [-0.3, -0.25) is 9.71 Å². The Morgan fingerprint density at radius 1 is 1.19 bits per heavy atom. The van der Waals surface area contributed by atoms with E-state index in [2.05, 4.69) is 15.0 Å². The van der Waals surface area contributed by atoms with Crippen LogP contribution in [0.2, 0.25) is 0 Å². The van der Waals surface area contributed by atoms with E-state index in [1.165, 1.54) is 6.20 Å². The van der Waals surface area contributed by atoms with Gasteiger partial charge in [0, 0.05) is 18.3 Å². The molecule has 0 saturated carbocycles. The molecule has 2 N–H and O–H groups in total. The molecule has 0 radical (unpaired) electrons. The summed E-state index contributed by atoms with van der Waals surface area (Å²) < 4.78 is 33.3. The van der Waals surface area contributed by atoms with Gasteiger partial charge in [-0.1, -0.05) is 0 Å². The largest absolute Gasteiger partial charge is 0.465 e. The van der Waals surface area contributed by atoms with Crippen molar-refractivity contribution in [1.82, 2.24) is 10.3 Å². The monoisotopic (exact) mass is 309 g/mol. The van der Waals surface area contributed by atoms with Crippen LogP contribution in [0, 0.1) is 20.8 Å². The highest BCUT2D eigenvalue weighted by Crippen LogP contribution is 2.28. The molecule has 21 heavy (non-hydrogen) atoms. The second-order valence-corrected chi connectivity index (χ2v) is 6.53. The van der Waals surface area contributed by atoms with Crippen LogP contribution in [0.4, 0.5) is 5.69 Å². The maximum Gasteiger partial charge on any atom is 0.265 e. The number of rotatable bonds is 5. The maximum absolute atomic E-state index is 12.6. The average molecular weight is 309 g/mol. The van der Waals surface area contributed by atoms with E-state index in [0.717, 1.165) is 5.56 Å². The zero-order chi connectivity index (χ0) is 15.6. The van der Waals surface area contributed by atoms with Crippen LogP contribution in [-0.2, 0) is 16.6 Å². The minimum absolute atomic E-state index is 0.191. The molecule has 0 aliphatic heterocycles. The summed E-state index contributed by atoms with van der Waals surface area (Å²) in [5.41, 5.74) is 1.96. The summed E-state index contributed by atoms with van der Waals surface area (Å²) in [6.07, 6.45) is 3.14. The summed E-state index contributed by atoms with van der Waals surface area (Å²) in [4.78, 5) is 4.18. The van der Waals surface area contributed by atoms with Crippen molar-refractivity contribution in [3.63, 3.8) is 0 Å². The number of hydrogen-bond acceptors (Lipinski definition) is 5. The van der Waals surface area contributed by atoms with E-state index in [1.807, 2.05) is 6.92 Å². The van der Waals surface area contributed by atoms with Crippen molar-refractivity contribution < 1.29 is 12.8 Å². The lowest BCUT2D eigenvalue weighted by Gasteiger charge is -2.09. The van der Waals surface area contributed by atoms with Crippen LogP contribution in [0.25, 0.3) is 0 Å². The fraction of sp³-hybridized carbons (Fsp3) is 0.357. The number of aromatic nitrogens is 1. The highest BCUT2D eigenvalue weighted by atomic mass is 32.2. The minimum Gasteiger partial charge on any atom is -0.465 e. The molecular formula is C14H19N3O3S. The van der Waals surface area contributed by atoms with Gasteiger partial charge in [0.05, 0.1) is 11.9 Å². The van der Waals surface area contributed by atoms with E-state index in [-0.39, 0.29) is 4.90 Å². The van der Waals surface area contributed by atoms with Gasteiger partial charge in [0.2, 0.25) is 0 Å². The lowest BCUT2D eigenvalue weighted by Crippen LogP contribution is -2.17. The molecule has 0 unspecified atom stereocenters. The topological polar surface area (TPSA) is 84.2 Å². The molecule has 2 heterocycles. The highest BCUT2D eigenvalue weighted by molar-refractivity contribution is 7.92. The number of nitrogens with zero attached hydrogens (tertiary/aromatic N) is 1. The van der Waals surface area contributed by atoms with Crippen LogP contribution in [0.5, 0.6) is 0 Å². The van der Waals surface area contributed by atoms with Gasteiger partial charge in [0.25, 0.3) is 10.0 Å². The molecular weight excluding hydrogens is 290 g/mol. The predicted octanol–water partition coefficient (Wildman–Crippen LogP) is 2.12. The second-order valence-electron chi connectivity index (χ2n) is 4.91. The summed E-state index contributed by atoms with van der Waals surface area (Å²) in [7, 11) is -1.96. The van der Waals surface area contributed by atoms with Gasteiger partial charge >= 0.3 is 0 Å². The summed E-state index contributed by atoms with van der Waals surface area (Å²) in [5.74, 6) is 0.982. The lowest BCUT2D eigenvalue weighted by molar-refractivity contribution is 0.494. The Bertz CT molecular complexity index is 751. The summed E-state index contributed by atoms with van der Waals surface area (Å²) in [6.45, 7) is 5.68. The Morgan fingerprint density at radius 3 is 2.52 bits per heavy atom. The number of sulfonamides is 1. The predicted molar refractivity (Wildman–Crippen MR) is 80.7 cm³/mol. The van der Waals surface area contributed by atoms with Crippen LogP contribution in [0.1, 0.15) is 22.6 Å². The van der Waals surface area contributed by atoms with E-state index >= 15 is 0 Å². The number of anilines is 1. The molecule has 0 aromatic carbocycles. The van der Waals surface area contributed by atoms with Crippen LogP contribution in [-0.4, -0.2) is 20.4 Å². The molecule has 0 amide bonds. The standard InChI is InChI=1S/C14H19N3O3S/c1-9-5-12(7-16-6-9)17-21(18,19)14-11(3)20-10(2)13(14)8-15-4/h5-7,15,17H,8H2,1-4H3. The molecule has 0 atom stereocenters. The van der Waals surface area contributed by atoms with Crippen molar-refractivity contribution in [1.29, 1.82) is 0 Å². The molecule has 2 aromatic heterocycles. The first-order valence-corrected chi connectivity index (χ1v) is 8.01. The molecule has 114 valence electrons. The number of aryl methyl sites for hydroxylation is 3. The molecule has 0 aliphatic carbocycles. The van der Waals surface area contributed by atoms with E-state index in [4.69, 9.17) is 4.42 Å². The van der Waals surface area contributed by atoms with Crippen molar-refractivity contribution in [2.75, 3.05) is 11.8 Å². The molecule has 0 bridgehead atoms. The Morgan fingerprint density at radius 2 is 1.90 bits per heavy atom. The first kappa shape index (κ1) is 15.5. The van der Waals surface area contributed by atoms with Gasteiger partial charge in [0.15, 0.2) is 0 Å². The van der Waals surface area contributed by atoms with E-state index in [9.17, 15) is 8.42 Å². The van der Waals surface area contributed by atoms with Gasteiger partial charge in [-0.2, -0.15) is 0 Å². The fourth-order valence-electron chi connectivity index (χ4n) is 2.26. The molecule has 0 saturated heterocycles. The third-order valence-corrected chi connectivity index (χ3v) is 4.65. The van der Waals surface area contributed by atoms with Gasteiger partial charge in [-0.25, -0.2) is 8.42 Å². The fourth-order valence-corrected chi connectivity index (χ4v) is 3.74. The van der Waals surface area contributed by atoms with Gasteiger partial charge in [0.1, 0.15) is 16.4 Å². The third kappa shape index (κ3) is 3.25. The molecule has 0 fully saturated rings. The number of furan rings is 1. The van der Waals surface area contributed by atoms with Crippen molar-refractivity contribution in [2.24, 2.45) is 0 Å². The van der Waals surface area contributed by atoms with Crippen molar-refractivity contribution >= 4 is 15.7 Å². The van der Waals surface area contributed by atoms with Crippen LogP contribution in [0.15, 0.2) is 27.8 Å². The molecule has 2 aromatic rings. The minimum atomic E-state index is -3.72. The van der Waals surface area contributed by atoms with Crippen LogP contribution in [0.3, 0.4) is 0 Å². The molecule has 6 nitrogen and oxygen atoms in total. The number of nitrogens with one attached hydrogen (secondary N) is 2. The van der Waals surface area contributed by atoms with E-state index in [1.54, 1.807) is 33.2 Å². The molecule has 0 spiro atoms. The summed E-state index contributed by atoms with van der Waals surface area (Å²) >= 11 is 0. The smallest absolute Gasteiger partial charge is 0.265 e. The summed E-state index contributed by atoms with van der Waals surface area (Å²) in [6, 6.07) is 1.73. The highest BCUT2D eigenvalue weighted by Gasteiger charge is 2.26. The van der Waals surface area contributed by atoms with E-state index < -0.39 is 10.0 Å². The van der Waals surface area contributed by atoms with Crippen molar-refractivity contribution in [3.8, 4) is 0 Å². The Balaban J connectivity index is 2.45. The van der Waals surface area contributed by atoms with Gasteiger partial charge in [-0.05, 0) is 39.4 Å². The van der Waals surface area contributed by atoms with Crippen LogP contribution >= 0.6 is 0 Å². The second kappa shape index (κ2) is 5.87. The van der Waals surface area contributed by atoms with E-state index in [0.29, 0.717) is 29.3 Å². The zero-order valence-electron chi connectivity index (χ0n) is 12.5. The molecule has 7 heteroatoms. The van der Waals surface area contributed by atoms with Gasteiger partial charge in [-0.15, -0.1) is 0 Å². The first-order valence-electron chi connectivity index (χ1n) is 6.53. The quantitative estimate of drug-likeness (QED) is 0.884. The average Bonchev–Trinajstić information content (AvgIpc) is 2.64. The van der Waals surface area contributed by atoms with Gasteiger partial charge < -0.3 is 9.73 Å². The zero-order valence-corrected chi connectivity index (χ0v) is 13.3. The van der Waals surface area contributed by atoms with Crippen molar-refractivity contribution in [3.05, 3.63) is 41.1 Å². The third-order valence-electron chi connectivity index (χ3n) is 3.07. The lowest BCUT2D eigenvalue weighted by atomic mass is 10.2. The Labute approximate surface area is 124 Å². The number of hydrogen-bond donors (Lipinski definition) is 2. The molecule has 2 rings (SSSR count). The van der Waals surface area contributed by atoms with Crippen molar-refractivity contribution in [2.45, 2.75) is 32.2 Å². The summed E-state index contributed by atoms with van der Waals surface area (Å²) in [5, 5.41) is 2.96.